The monoisotopic (exact) mass is 256 g/mol. The Morgan fingerprint density at radius 2 is 1.94 bits per heavy atom. The fraction of sp³-hybridized carbons (Fsp3) is 0.929. The molecule has 1 rings (SSSR count). The molecule has 1 aliphatic rings. The lowest BCUT2D eigenvalue weighted by molar-refractivity contribution is -0.109. The van der Waals surface area contributed by atoms with Gasteiger partial charge in [0.2, 0.25) is 0 Å². The summed E-state index contributed by atoms with van der Waals surface area (Å²) in [5.41, 5.74) is 0. The van der Waals surface area contributed by atoms with Gasteiger partial charge in [0.25, 0.3) is 0 Å². The molecule has 0 N–H and O–H groups in total. The number of rotatable bonds is 7. The molecule has 1 fully saturated rings. The Balaban J connectivity index is 2.06. The molecule has 0 aromatic rings. The van der Waals surface area contributed by atoms with Crippen LogP contribution in [0.15, 0.2) is 0 Å². The number of carbonyl (C=O) groups is 1. The van der Waals surface area contributed by atoms with Crippen molar-refractivity contribution in [2.45, 2.75) is 64.6 Å². The number of aldehydes is 1. The first-order valence-electron chi connectivity index (χ1n) is 6.87. The van der Waals surface area contributed by atoms with Crippen molar-refractivity contribution in [1.82, 2.24) is 0 Å². The van der Waals surface area contributed by atoms with Gasteiger partial charge in [-0.1, -0.05) is 27.2 Å². The number of carbonyl (C=O) groups excluding carboxylic acids is 1. The maximum atomic E-state index is 10.5. The minimum absolute atomic E-state index is 0.312. The van der Waals surface area contributed by atoms with E-state index in [1.807, 2.05) is 0 Å². The summed E-state index contributed by atoms with van der Waals surface area (Å²) in [6.45, 7) is 12.3. The molecule has 0 radical (unpaired) electrons. The second-order valence-corrected chi connectivity index (χ2v) is 11.7. The van der Waals surface area contributed by atoms with E-state index in [9.17, 15) is 4.79 Å². The van der Waals surface area contributed by atoms with Crippen LogP contribution in [-0.4, -0.2) is 21.2 Å². The molecule has 0 heterocycles. The lowest BCUT2D eigenvalue weighted by Gasteiger charge is -2.36. The summed E-state index contributed by atoms with van der Waals surface area (Å²) in [6, 6.07) is 0. The summed E-state index contributed by atoms with van der Waals surface area (Å²) in [4.78, 5) is 10.5. The van der Waals surface area contributed by atoms with E-state index in [4.69, 9.17) is 4.43 Å². The first-order valence-corrected chi connectivity index (χ1v) is 9.78. The Bertz CT molecular complexity index is 255. The molecular weight excluding hydrogens is 228 g/mol. The summed E-state index contributed by atoms with van der Waals surface area (Å²) < 4.78 is 6.12. The van der Waals surface area contributed by atoms with Crippen LogP contribution in [0.5, 0.6) is 0 Å². The zero-order chi connectivity index (χ0) is 13.1. The third-order valence-electron chi connectivity index (χ3n) is 4.39. The van der Waals surface area contributed by atoms with Crippen LogP contribution < -0.4 is 0 Å². The first-order chi connectivity index (χ1) is 7.78. The summed E-state index contributed by atoms with van der Waals surface area (Å²) in [5.74, 6) is 1.08. The molecule has 0 saturated heterocycles. The molecule has 17 heavy (non-hydrogen) atoms. The highest BCUT2D eigenvalue weighted by molar-refractivity contribution is 6.74. The highest BCUT2D eigenvalue weighted by atomic mass is 28.4. The van der Waals surface area contributed by atoms with Gasteiger partial charge in [0.15, 0.2) is 8.32 Å². The van der Waals surface area contributed by atoms with Gasteiger partial charge < -0.3 is 9.22 Å². The predicted octanol–water partition coefficient (Wildman–Crippen LogP) is 4.01. The van der Waals surface area contributed by atoms with Gasteiger partial charge in [0, 0.05) is 12.5 Å². The van der Waals surface area contributed by atoms with Crippen LogP contribution in [0.1, 0.15) is 46.5 Å². The largest absolute Gasteiger partial charge is 0.417 e. The van der Waals surface area contributed by atoms with Crippen molar-refractivity contribution in [1.29, 1.82) is 0 Å². The van der Waals surface area contributed by atoms with Crippen molar-refractivity contribution in [2.24, 2.45) is 11.8 Å². The summed E-state index contributed by atoms with van der Waals surface area (Å²) in [7, 11) is -1.54. The number of unbranched alkanes of at least 4 members (excludes halogenated alkanes) is 1. The van der Waals surface area contributed by atoms with E-state index in [1.165, 1.54) is 12.8 Å². The standard InChI is InChI=1S/C14H28O2Si/c1-14(2,3)17(4,5)16-9-7-6-8-12-10-13(12)11-15/h11-13H,6-10H2,1-5H3/t12-,13-/m0/s1. The first kappa shape index (κ1) is 14.9. The van der Waals surface area contributed by atoms with Gasteiger partial charge in [0.05, 0.1) is 0 Å². The maximum absolute atomic E-state index is 10.5. The molecule has 0 amide bonds. The third kappa shape index (κ3) is 4.55. The summed E-state index contributed by atoms with van der Waals surface area (Å²) in [6.07, 6.45) is 5.83. The summed E-state index contributed by atoms with van der Waals surface area (Å²) >= 11 is 0. The van der Waals surface area contributed by atoms with Crippen molar-refractivity contribution >= 4 is 14.6 Å². The normalized spacial score (nSPS) is 24.8. The highest BCUT2D eigenvalue weighted by Crippen LogP contribution is 2.40. The number of hydrogen-bond donors (Lipinski definition) is 0. The van der Waals surface area contributed by atoms with Crippen molar-refractivity contribution < 1.29 is 9.22 Å². The molecule has 0 unspecified atom stereocenters. The van der Waals surface area contributed by atoms with E-state index in [1.54, 1.807) is 0 Å². The van der Waals surface area contributed by atoms with E-state index in [-0.39, 0.29) is 0 Å². The van der Waals surface area contributed by atoms with Crippen LogP contribution >= 0.6 is 0 Å². The Labute approximate surface area is 107 Å². The lowest BCUT2D eigenvalue weighted by atomic mass is 10.1. The smallest absolute Gasteiger partial charge is 0.191 e. The quantitative estimate of drug-likeness (QED) is 0.391. The average Bonchev–Trinajstić information content (AvgIpc) is 2.94. The van der Waals surface area contributed by atoms with Crippen molar-refractivity contribution in [2.75, 3.05) is 6.61 Å². The molecule has 1 saturated carbocycles. The van der Waals surface area contributed by atoms with Gasteiger partial charge in [-0.2, -0.15) is 0 Å². The fourth-order valence-electron chi connectivity index (χ4n) is 1.82. The minimum atomic E-state index is -1.54. The minimum Gasteiger partial charge on any atom is -0.417 e. The zero-order valence-corrected chi connectivity index (χ0v) is 13.1. The Kier molecular flexibility index (Phi) is 4.96. The second-order valence-electron chi connectivity index (χ2n) is 6.90. The second kappa shape index (κ2) is 5.66. The van der Waals surface area contributed by atoms with Crippen LogP contribution in [0.25, 0.3) is 0 Å². The molecular formula is C14H28O2Si. The van der Waals surface area contributed by atoms with Crippen LogP contribution in [0.3, 0.4) is 0 Å². The number of hydrogen-bond acceptors (Lipinski definition) is 2. The Hall–Kier alpha value is -0.153. The maximum Gasteiger partial charge on any atom is 0.191 e. The molecule has 2 nitrogen and oxygen atoms in total. The predicted molar refractivity (Wildman–Crippen MR) is 74.7 cm³/mol. The SMILES string of the molecule is CC(C)(C)[Si](C)(C)OCCCC[C@H]1C[C@H]1C=O. The van der Waals surface area contributed by atoms with Crippen molar-refractivity contribution in [3.63, 3.8) is 0 Å². The summed E-state index contributed by atoms with van der Waals surface area (Å²) in [5, 5.41) is 0.312. The van der Waals surface area contributed by atoms with E-state index in [2.05, 4.69) is 33.9 Å². The Morgan fingerprint density at radius 1 is 1.29 bits per heavy atom. The fourth-order valence-corrected chi connectivity index (χ4v) is 2.91. The van der Waals surface area contributed by atoms with Crippen LogP contribution in [0.2, 0.25) is 18.1 Å². The van der Waals surface area contributed by atoms with Crippen LogP contribution in [0, 0.1) is 11.8 Å². The molecule has 3 heteroatoms. The highest BCUT2D eigenvalue weighted by Gasteiger charge is 2.37. The molecule has 2 atom stereocenters. The molecule has 100 valence electrons. The molecule has 0 aliphatic heterocycles. The van der Waals surface area contributed by atoms with E-state index >= 15 is 0 Å². The van der Waals surface area contributed by atoms with Gasteiger partial charge in [-0.25, -0.2) is 0 Å². The van der Waals surface area contributed by atoms with Crippen molar-refractivity contribution in [3.8, 4) is 0 Å². The topological polar surface area (TPSA) is 26.3 Å². The van der Waals surface area contributed by atoms with Gasteiger partial charge in [-0.3, -0.25) is 0 Å². The molecule has 0 aromatic carbocycles. The lowest BCUT2D eigenvalue weighted by Crippen LogP contribution is -2.40. The molecule has 0 bridgehead atoms. The van der Waals surface area contributed by atoms with Gasteiger partial charge in [0.1, 0.15) is 6.29 Å². The van der Waals surface area contributed by atoms with Crippen LogP contribution in [0.4, 0.5) is 0 Å². The average molecular weight is 256 g/mol. The molecule has 0 aromatic heterocycles. The Morgan fingerprint density at radius 3 is 2.41 bits per heavy atom. The van der Waals surface area contributed by atoms with Gasteiger partial charge >= 0.3 is 0 Å². The van der Waals surface area contributed by atoms with E-state index in [0.717, 1.165) is 25.7 Å². The van der Waals surface area contributed by atoms with Crippen LogP contribution in [-0.2, 0) is 9.22 Å². The van der Waals surface area contributed by atoms with E-state index in [0.29, 0.717) is 16.9 Å². The van der Waals surface area contributed by atoms with Gasteiger partial charge in [-0.05, 0) is 43.3 Å². The zero-order valence-electron chi connectivity index (χ0n) is 12.1. The third-order valence-corrected chi connectivity index (χ3v) is 8.93. The van der Waals surface area contributed by atoms with Gasteiger partial charge in [-0.15, -0.1) is 0 Å². The molecule has 0 spiro atoms. The van der Waals surface area contributed by atoms with E-state index < -0.39 is 8.32 Å². The van der Waals surface area contributed by atoms with Crippen molar-refractivity contribution in [3.05, 3.63) is 0 Å². The molecule has 1 aliphatic carbocycles.